The molecule has 0 bridgehead atoms. The van der Waals surface area contributed by atoms with Crippen LogP contribution in [0, 0.1) is 40.4 Å². The van der Waals surface area contributed by atoms with E-state index in [1.165, 1.54) is 0 Å². The first-order valence-electron chi connectivity index (χ1n) is 8.09. The Labute approximate surface area is 159 Å². The SMILES string of the molecule is N#CC1=C(N)Oc2n[nH]c(-c3ccccc3)c2C1c1c(F)c(F)c(F)c(F)c1F. The number of nitrogens with two attached hydrogens (primary N) is 1. The molecule has 0 spiro atoms. The Morgan fingerprint density at radius 3 is 2.10 bits per heavy atom. The number of nitriles is 1. The number of ether oxygens (including phenoxy) is 1. The first kappa shape index (κ1) is 18.5. The molecule has 2 heterocycles. The van der Waals surface area contributed by atoms with Crippen molar-refractivity contribution in [2.24, 2.45) is 5.73 Å². The number of nitrogens with zero attached hydrogens (tertiary/aromatic N) is 2. The number of rotatable bonds is 2. The number of aromatic nitrogens is 2. The molecule has 1 aliphatic heterocycles. The van der Waals surface area contributed by atoms with Gasteiger partial charge in [0.25, 0.3) is 0 Å². The van der Waals surface area contributed by atoms with Gasteiger partial charge in [0.05, 0.1) is 17.2 Å². The third-order valence-electron chi connectivity index (χ3n) is 4.53. The Morgan fingerprint density at radius 1 is 0.931 bits per heavy atom. The predicted molar refractivity (Wildman–Crippen MR) is 89.6 cm³/mol. The number of nitrogens with one attached hydrogen (secondary N) is 1. The second kappa shape index (κ2) is 6.63. The second-order valence-electron chi connectivity index (χ2n) is 6.09. The number of hydrogen-bond acceptors (Lipinski definition) is 4. The van der Waals surface area contributed by atoms with Gasteiger partial charge in [0.15, 0.2) is 23.3 Å². The van der Waals surface area contributed by atoms with Gasteiger partial charge in [0, 0.05) is 5.56 Å². The van der Waals surface area contributed by atoms with Crippen LogP contribution in [-0.2, 0) is 0 Å². The maximum atomic E-state index is 14.6. The zero-order chi connectivity index (χ0) is 20.9. The standard InChI is InChI=1S/C19H9F5N4O/c20-12-10(13(21)15(23)16(24)14(12)22)9-8(6-25)18(26)29-19-11(9)17(27-28-19)7-4-2-1-3-5-7/h1-5,9H,26H2,(H,27,28). The number of aromatic amines is 1. The van der Waals surface area contributed by atoms with Gasteiger partial charge >= 0.3 is 0 Å². The normalized spacial score (nSPS) is 15.7. The van der Waals surface area contributed by atoms with Gasteiger partial charge in [-0.15, -0.1) is 5.10 Å². The van der Waals surface area contributed by atoms with Crippen molar-refractivity contribution in [2.75, 3.05) is 0 Å². The number of hydrogen-bond donors (Lipinski definition) is 2. The summed E-state index contributed by atoms with van der Waals surface area (Å²) in [5, 5.41) is 16.0. The summed E-state index contributed by atoms with van der Waals surface area (Å²) in [6.45, 7) is 0. The van der Waals surface area contributed by atoms with Crippen molar-refractivity contribution in [1.29, 1.82) is 5.26 Å². The molecule has 3 aromatic rings. The van der Waals surface area contributed by atoms with Crippen molar-refractivity contribution in [3.05, 3.63) is 82.0 Å². The highest BCUT2D eigenvalue weighted by Gasteiger charge is 2.41. The van der Waals surface area contributed by atoms with Gasteiger partial charge in [-0.05, 0) is 5.56 Å². The van der Waals surface area contributed by atoms with E-state index in [1.807, 2.05) is 0 Å². The minimum Gasteiger partial charge on any atom is -0.420 e. The van der Waals surface area contributed by atoms with E-state index < -0.39 is 52.0 Å². The third-order valence-corrected chi connectivity index (χ3v) is 4.53. The van der Waals surface area contributed by atoms with Gasteiger partial charge in [-0.2, -0.15) is 5.26 Å². The van der Waals surface area contributed by atoms with E-state index in [4.69, 9.17) is 10.5 Å². The Kier molecular flexibility index (Phi) is 4.23. The second-order valence-corrected chi connectivity index (χ2v) is 6.09. The molecule has 1 unspecified atom stereocenters. The van der Waals surface area contributed by atoms with Gasteiger partial charge in [0.1, 0.15) is 11.6 Å². The monoisotopic (exact) mass is 404 g/mol. The molecule has 1 aliphatic rings. The molecule has 0 fully saturated rings. The average molecular weight is 404 g/mol. The van der Waals surface area contributed by atoms with Crippen molar-refractivity contribution in [3.8, 4) is 23.2 Å². The highest BCUT2D eigenvalue weighted by Crippen LogP contribution is 2.47. The highest BCUT2D eigenvalue weighted by atomic mass is 19.2. The van der Waals surface area contributed by atoms with Crippen LogP contribution in [0.4, 0.5) is 22.0 Å². The number of fused-ring (bicyclic) bond motifs is 1. The lowest BCUT2D eigenvalue weighted by atomic mass is 9.82. The van der Waals surface area contributed by atoms with E-state index in [1.54, 1.807) is 36.4 Å². The molecule has 0 saturated carbocycles. The number of benzene rings is 2. The molecule has 29 heavy (non-hydrogen) atoms. The van der Waals surface area contributed by atoms with E-state index in [0.29, 0.717) is 5.56 Å². The summed E-state index contributed by atoms with van der Waals surface area (Å²) < 4.78 is 75.7. The average Bonchev–Trinajstić information content (AvgIpc) is 3.15. The van der Waals surface area contributed by atoms with Crippen LogP contribution in [0.5, 0.6) is 5.88 Å². The van der Waals surface area contributed by atoms with Crippen LogP contribution in [0.3, 0.4) is 0 Å². The van der Waals surface area contributed by atoms with Gasteiger partial charge in [0.2, 0.25) is 17.6 Å². The maximum absolute atomic E-state index is 14.6. The molecule has 2 aromatic carbocycles. The zero-order valence-electron chi connectivity index (χ0n) is 14.2. The van der Waals surface area contributed by atoms with Gasteiger partial charge in [-0.25, -0.2) is 22.0 Å². The van der Waals surface area contributed by atoms with Crippen LogP contribution in [0.1, 0.15) is 17.0 Å². The van der Waals surface area contributed by atoms with E-state index >= 15 is 0 Å². The smallest absolute Gasteiger partial charge is 0.244 e. The molecule has 10 heteroatoms. The summed E-state index contributed by atoms with van der Waals surface area (Å²) >= 11 is 0. The Hall–Kier alpha value is -3.87. The molecule has 5 nitrogen and oxygen atoms in total. The summed E-state index contributed by atoms with van der Waals surface area (Å²) in [6.07, 6.45) is 0. The lowest BCUT2D eigenvalue weighted by Crippen LogP contribution is -2.23. The highest BCUT2D eigenvalue weighted by molar-refractivity contribution is 5.71. The Morgan fingerprint density at radius 2 is 1.52 bits per heavy atom. The molecular formula is C19H9F5N4O. The fourth-order valence-electron chi connectivity index (χ4n) is 3.23. The molecule has 1 atom stereocenters. The third kappa shape index (κ3) is 2.62. The summed E-state index contributed by atoms with van der Waals surface area (Å²) in [6, 6.07) is 9.91. The summed E-state index contributed by atoms with van der Waals surface area (Å²) in [7, 11) is 0. The molecule has 0 aliphatic carbocycles. The largest absolute Gasteiger partial charge is 0.420 e. The molecule has 146 valence electrons. The fourth-order valence-corrected chi connectivity index (χ4v) is 3.23. The van der Waals surface area contributed by atoms with Crippen molar-refractivity contribution < 1.29 is 26.7 Å². The molecule has 0 saturated heterocycles. The van der Waals surface area contributed by atoms with Crippen LogP contribution in [0.15, 0.2) is 41.8 Å². The minimum atomic E-state index is -2.30. The number of halogens is 5. The minimum absolute atomic E-state index is 0.0786. The van der Waals surface area contributed by atoms with Crippen molar-refractivity contribution in [2.45, 2.75) is 5.92 Å². The Bertz CT molecular complexity index is 1180. The number of H-pyrrole nitrogens is 1. The van der Waals surface area contributed by atoms with E-state index in [9.17, 15) is 27.2 Å². The number of allylic oxidation sites excluding steroid dienone is 1. The van der Waals surface area contributed by atoms with Gasteiger partial charge in [-0.3, -0.25) is 5.10 Å². The van der Waals surface area contributed by atoms with Crippen LogP contribution >= 0.6 is 0 Å². The summed E-state index contributed by atoms with van der Waals surface area (Å²) in [5.41, 5.74) is 4.51. The topological polar surface area (TPSA) is 87.7 Å². The molecule has 3 N–H and O–H groups in total. The Balaban J connectivity index is 2.08. The lowest BCUT2D eigenvalue weighted by Gasteiger charge is -2.25. The van der Waals surface area contributed by atoms with Crippen molar-refractivity contribution in [1.82, 2.24) is 10.2 Å². The van der Waals surface area contributed by atoms with Crippen LogP contribution < -0.4 is 10.5 Å². The van der Waals surface area contributed by atoms with E-state index in [2.05, 4.69) is 10.2 Å². The first-order chi connectivity index (χ1) is 13.9. The lowest BCUT2D eigenvalue weighted by molar-refractivity contribution is 0.357. The van der Waals surface area contributed by atoms with Crippen LogP contribution in [0.2, 0.25) is 0 Å². The summed E-state index contributed by atoms with van der Waals surface area (Å²) in [5.74, 6) is -13.2. The van der Waals surface area contributed by atoms with Gasteiger partial charge in [-0.1, -0.05) is 30.3 Å². The van der Waals surface area contributed by atoms with Crippen LogP contribution in [0.25, 0.3) is 11.3 Å². The predicted octanol–water partition coefficient (Wildman–Crippen LogP) is 3.99. The van der Waals surface area contributed by atoms with Gasteiger partial charge < -0.3 is 10.5 Å². The molecule has 0 amide bonds. The zero-order valence-corrected chi connectivity index (χ0v) is 14.2. The summed E-state index contributed by atoms with van der Waals surface area (Å²) in [4.78, 5) is 0. The van der Waals surface area contributed by atoms with E-state index in [0.717, 1.165) is 0 Å². The molecule has 0 radical (unpaired) electrons. The first-order valence-corrected chi connectivity index (χ1v) is 8.09. The van der Waals surface area contributed by atoms with E-state index in [-0.39, 0.29) is 17.1 Å². The maximum Gasteiger partial charge on any atom is 0.244 e. The van der Waals surface area contributed by atoms with Crippen LogP contribution in [-0.4, -0.2) is 10.2 Å². The molecule has 4 rings (SSSR count). The fraction of sp³-hybridized carbons (Fsp3) is 0.0526. The molecular weight excluding hydrogens is 395 g/mol. The van der Waals surface area contributed by atoms with Crippen molar-refractivity contribution >= 4 is 0 Å². The quantitative estimate of drug-likeness (QED) is 0.384. The van der Waals surface area contributed by atoms with Crippen molar-refractivity contribution in [3.63, 3.8) is 0 Å². The molecule has 1 aromatic heterocycles.